The molecule has 20 heavy (non-hydrogen) atoms. The standard InChI is InChI=1S/C16H23N3O/c1-4-10-19-11-9-17-16(19)12-18-13(2)14-7-5-6-8-15(14)20-3/h5-9,11,13,18H,4,10,12H2,1-3H3/t13-/m1/s1. The first-order valence-corrected chi connectivity index (χ1v) is 7.12. The van der Waals surface area contributed by atoms with Crippen LogP contribution in [0.2, 0.25) is 0 Å². The van der Waals surface area contributed by atoms with Gasteiger partial charge in [-0.05, 0) is 19.4 Å². The normalized spacial score (nSPS) is 12.3. The molecule has 0 aliphatic carbocycles. The van der Waals surface area contributed by atoms with Crippen LogP contribution in [-0.2, 0) is 13.1 Å². The molecule has 4 nitrogen and oxygen atoms in total. The lowest BCUT2D eigenvalue weighted by Crippen LogP contribution is -2.21. The molecule has 0 unspecified atom stereocenters. The predicted molar refractivity (Wildman–Crippen MR) is 80.8 cm³/mol. The molecular formula is C16H23N3O. The number of hydrogen-bond donors (Lipinski definition) is 1. The summed E-state index contributed by atoms with van der Waals surface area (Å²) in [6, 6.07) is 8.33. The zero-order valence-electron chi connectivity index (χ0n) is 12.5. The van der Waals surface area contributed by atoms with Gasteiger partial charge in [-0.3, -0.25) is 0 Å². The molecule has 1 N–H and O–H groups in total. The molecule has 1 heterocycles. The molecule has 108 valence electrons. The third-order valence-corrected chi connectivity index (χ3v) is 3.44. The Morgan fingerprint density at radius 3 is 2.90 bits per heavy atom. The van der Waals surface area contributed by atoms with Crippen molar-refractivity contribution in [2.75, 3.05) is 7.11 Å². The van der Waals surface area contributed by atoms with E-state index >= 15 is 0 Å². The van der Waals surface area contributed by atoms with E-state index in [4.69, 9.17) is 4.74 Å². The van der Waals surface area contributed by atoms with Crippen molar-refractivity contribution in [1.82, 2.24) is 14.9 Å². The van der Waals surface area contributed by atoms with E-state index in [1.165, 1.54) is 5.56 Å². The molecule has 1 atom stereocenters. The van der Waals surface area contributed by atoms with Gasteiger partial charge in [-0.15, -0.1) is 0 Å². The Bertz CT molecular complexity index is 536. The minimum absolute atomic E-state index is 0.220. The highest BCUT2D eigenvalue weighted by Gasteiger charge is 2.11. The van der Waals surface area contributed by atoms with Gasteiger partial charge in [-0.25, -0.2) is 4.98 Å². The Labute approximate surface area is 120 Å². The summed E-state index contributed by atoms with van der Waals surface area (Å²) in [4.78, 5) is 4.41. The maximum absolute atomic E-state index is 5.40. The number of aryl methyl sites for hydroxylation is 1. The van der Waals surface area contributed by atoms with Gasteiger partial charge in [-0.2, -0.15) is 0 Å². The summed E-state index contributed by atoms with van der Waals surface area (Å²) in [5.74, 6) is 2.00. The highest BCUT2D eigenvalue weighted by atomic mass is 16.5. The van der Waals surface area contributed by atoms with Crippen molar-refractivity contribution in [1.29, 1.82) is 0 Å². The van der Waals surface area contributed by atoms with Crippen molar-refractivity contribution < 1.29 is 4.74 Å². The van der Waals surface area contributed by atoms with Gasteiger partial charge in [0, 0.05) is 30.5 Å². The van der Waals surface area contributed by atoms with Crippen LogP contribution < -0.4 is 10.1 Å². The number of rotatable bonds is 7. The molecule has 2 aromatic rings. The lowest BCUT2D eigenvalue weighted by Gasteiger charge is -2.17. The molecule has 0 saturated carbocycles. The summed E-state index contributed by atoms with van der Waals surface area (Å²) in [5, 5.41) is 3.51. The molecule has 0 aliphatic rings. The lowest BCUT2D eigenvalue weighted by molar-refractivity contribution is 0.400. The topological polar surface area (TPSA) is 39.1 Å². The molecule has 2 rings (SSSR count). The van der Waals surface area contributed by atoms with E-state index in [9.17, 15) is 0 Å². The van der Waals surface area contributed by atoms with Gasteiger partial charge in [-0.1, -0.05) is 25.1 Å². The second-order valence-corrected chi connectivity index (χ2v) is 4.88. The van der Waals surface area contributed by atoms with Crippen LogP contribution in [0.4, 0.5) is 0 Å². The number of ether oxygens (including phenoxy) is 1. The molecule has 0 saturated heterocycles. The first-order chi connectivity index (χ1) is 9.76. The SMILES string of the molecule is CCCn1ccnc1CN[C@H](C)c1ccccc1OC. The van der Waals surface area contributed by atoms with Gasteiger partial charge in [0.2, 0.25) is 0 Å². The highest BCUT2D eigenvalue weighted by molar-refractivity contribution is 5.35. The predicted octanol–water partition coefficient (Wildman–Crippen LogP) is 3.15. The van der Waals surface area contributed by atoms with Crippen LogP contribution in [0.3, 0.4) is 0 Å². The number of methoxy groups -OCH3 is 1. The number of nitrogens with one attached hydrogen (secondary N) is 1. The summed E-state index contributed by atoms with van der Waals surface area (Å²) >= 11 is 0. The fourth-order valence-corrected chi connectivity index (χ4v) is 2.33. The van der Waals surface area contributed by atoms with E-state index in [2.05, 4.69) is 34.8 Å². The summed E-state index contributed by atoms with van der Waals surface area (Å²) in [6.07, 6.45) is 5.01. The average molecular weight is 273 g/mol. The lowest BCUT2D eigenvalue weighted by atomic mass is 10.1. The van der Waals surface area contributed by atoms with E-state index in [0.29, 0.717) is 0 Å². The number of imidazole rings is 1. The highest BCUT2D eigenvalue weighted by Crippen LogP contribution is 2.24. The van der Waals surface area contributed by atoms with E-state index in [1.807, 2.05) is 30.6 Å². The van der Waals surface area contributed by atoms with Crippen LogP contribution in [-0.4, -0.2) is 16.7 Å². The quantitative estimate of drug-likeness (QED) is 0.842. The molecule has 0 bridgehead atoms. The van der Waals surface area contributed by atoms with Gasteiger partial charge in [0.25, 0.3) is 0 Å². The van der Waals surface area contributed by atoms with Crippen LogP contribution in [0.5, 0.6) is 5.75 Å². The Balaban J connectivity index is 2.01. The monoisotopic (exact) mass is 273 g/mol. The summed E-state index contributed by atoms with van der Waals surface area (Å²) in [5.41, 5.74) is 1.17. The number of para-hydroxylation sites is 1. The van der Waals surface area contributed by atoms with Gasteiger partial charge in [0.05, 0.1) is 13.7 Å². The minimum atomic E-state index is 0.220. The molecule has 1 aromatic heterocycles. The fourth-order valence-electron chi connectivity index (χ4n) is 2.33. The second-order valence-electron chi connectivity index (χ2n) is 4.88. The number of benzene rings is 1. The Kier molecular flexibility index (Phi) is 5.18. The molecular weight excluding hydrogens is 250 g/mol. The van der Waals surface area contributed by atoms with E-state index in [0.717, 1.165) is 31.1 Å². The smallest absolute Gasteiger partial charge is 0.123 e. The second kappa shape index (κ2) is 7.10. The van der Waals surface area contributed by atoms with Crippen molar-refractivity contribution >= 4 is 0 Å². The molecule has 4 heteroatoms. The third-order valence-electron chi connectivity index (χ3n) is 3.44. The van der Waals surface area contributed by atoms with Gasteiger partial charge in [0.15, 0.2) is 0 Å². The molecule has 0 radical (unpaired) electrons. The van der Waals surface area contributed by atoms with Crippen molar-refractivity contribution in [2.45, 2.75) is 39.4 Å². The zero-order valence-corrected chi connectivity index (χ0v) is 12.5. The number of nitrogens with zero attached hydrogens (tertiary/aromatic N) is 2. The molecule has 0 spiro atoms. The van der Waals surface area contributed by atoms with Crippen LogP contribution in [0.25, 0.3) is 0 Å². The first kappa shape index (κ1) is 14.6. The van der Waals surface area contributed by atoms with Crippen LogP contribution >= 0.6 is 0 Å². The third kappa shape index (κ3) is 3.39. The van der Waals surface area contributed by atoms with E-state index in [-0.39, 0.29) is 6.04 Å². The van der Waals surface area contributed by atoms with E-state index in [1.54, 1.807) is 7.11 Å². The van der Waals surface area contributed by atoms with E-state index < -0.39 is 0 Å². The van der Waals surface area contributed by atoms with Gasteiger partial charge >= 0.3 is 0 Å². The van der Waals surface area contributed by atoms with Crippen LogP contribution in [0.1, 0.15) is 37.7 Å². The van der Waals surface area contributed by atoms with Crippen LogP contribution in [0, 0.1) is 0 Å². The Morgan fingerprint density at radius 2 is 2.15 bits per heavy atom. The minimum Gasteiger partial charge on any atom is -0.496 e. The maximum atomic E-state index is 5.40. The van der Waals surface area contributed by atoms with Crippen molar-refractivity contribution in [3.8, 4) is 5.75 Å². The van der Waals surface area contributed by atoms with Gasteiger partial charge in [0.1, 0.15) is 11.6 Å². The summed E-state index contributed by atoms with van der Waals surface area (Å²) in [7, 11) is 1.71. The van der Waals surface area contributed by atoms with Crippen LogP contribution in [0.15, 0.2) is 36.7 Å². The number of aromatic nitrogens is 2. The zero-order chi connectivity index (χ0) is 14.4. The molecule has 1 aromatic carbocycles. The maximum Gasteiger partial charge on any atom is 0.123 e. The fraction of sp³-hybridized carbons (Fsp3) is 0.438. The average Bonchev–Trinajstić information content (AvgIpc) is 2.92. The molecule has 0 aliphatic heterocycles. The van der Waals surface area contributed by atoms with Crippen molar-refractivity contribution in [3.63, 3.8) is 0 Å². The van der Waals surface area contributed by atoms with Crippen molar-refractivity contribution in [2.24, 2.45) is 0 Å². The molecule has 0 fully saturated rings. The van der Waals surface area contributed by atoms with Crippen molar-refractivity contribution in [3.05, 3.63) is 48.0 Å². The number of hydrogen-bond acceptors (Lipinski definition) is 3. The summed E-state index contributed by atoms with van der Waals surface area (Å²) < 4.78 is 7.60. The molecule has 0 amide bonds. The largest absolute Gasteiger partial charge is 0.496 e. The Hall–Kier alpha value is -1.81. The summed E-state index contributed by atoms with van der Waals surface area (Å²) in [6.45, 7) is 6.09. The van der Waals surface area contributed by atoms with Gasteiger partial charge < -0.3 is 14.6 Å². The Morgan fingerprint density at radius 1 is 1.35 bits per heavy atom. The first-order valence-electron chi connectivity index (χ1n) is 7.12.